The van der Waals surface area contributed by atoms with Gasteiger partial charge in [-0.15, -0.1) is 33.3 Å². The Bertz CT molecular complexity index is 1060. The minimum atomic E-state index is -1.26. The van der Waals surface area contributed by atoms with Gasteiger partial charge in [-0.1, -0.05) is 17.4 Å². The van der Waals surface area contributed by atoms with Gasteiger partial charge in [0.25, 0.3) is 5.91 Å². The quantitative estimate of drug-likeness (QED) is 0.537. The van der Waals surface area contributed by atoms with Crippen LogP contribution in [0.2, 0.25) is 0 Å². The summed E-state index contributed by atoms with van der Waals surface area (Å²) in [6.07, 6.45) is 0.169. The maximum atomic E-state index is 12.7. The van der Waals surface area contributed by atoms with Crippen molar-refractivity contribution in [3.05, 3.63) is 33.1 Å². The van der Waals surface area contributed by atoms with E-state index in [1.165, 1.54) is 34.9 Å². The first kappa shape index (κ1) is 20.5. The predicted octanol–water partition coefficient (Wildman–Crippen LogP) is 0.996. The van der Waals surface area contributed by atoms with Crippen molar-refractivity contribution in [1.82, 2.24) is 20.4 Å². The van der Waals surface area contributed by atoms with Crippen molar-refractivity contribution < 1.29 is 24.3 Å². The predicted molar refractivity (Wildman–Crippen MR) is 112 cm³/mol. The number of fused-ring (bicyclic) bond motifs is 1. The minimum absolute atomic E-state index is 0.168. The summed E-state index contributed by atoms with van der Waals surface area (Å²) in [6, 6.07) is 2.91. The molecule has 2 atom stereocenters. The topological polar surface area (TPSA) is 142 Å². The number of carbonyl (C=O) groups is 4. The first-order valence-electron chi connectivity index (χ1n) is 8.69. The molecule has 0 radical (unpaired) electrons. The number of β-lactam (4-membered cyclic amide) rings is 1. The number of thioether (sulfide) groups is 1. The molecule has 0 aliphatic carbocycles. The fraction of sp³-hybridized carbons (Fsp3) is 0.294. The van der Waals surface area contributed by atoms with Crippen LogP contribution >= 0.6 is 34.4 Å². The van der Waals surface area contributed by atoms with Gasteiger partial charge >= 0.3 is 5.97 Å². The normalized spacial score (nSPS) is 20.4. The summed E-state index contributed by atoms with van der Waals surface area (Å²) in [4.78, 5) is 50.1. The second-order valence-corrected chi connectivity index (χ2v) is 9.55. The molecule has 3 amide bonds. The van der Waals surface area contributed by atoms with E-state index in [-0.39, 0.29) is 34.8 Å². The van der Waals surface area contributed by atoms with E-state index in [1.807, 2.05) is 17.5 Å². The molecule has 0 saturated carbocycles. The third-order valence-electron chi connectivity index (χ3n) is 4.37. The number of hydrogen-bond acceptors (Lipinski definition) is 9. The molecule has 4 rings (SSSR count). The smallest absolute Gasteiger partial charge is 0.353 e. The lowest BCUT2D eigenvalue weighted by Crippen LogP contribution is -2.70. The number of amides is 3. The molecule has 2 aliphatic rings. The van der Waals surface area contributed by atoms with Crippen molar-refractivity contribution in [3.63, 3.8) is 0 Å². The van der Waals surface area contributed by atoms with E-state index in [4.69, 9.17) is 0 Å². The lowest BCUT2D eigenvalue weighted by atomic mass is 10.0. The Balaban J connectivity index is 1.53. The molecule has 0 bridgehead atoms. The Morgan fingerprint density at radius 3 is 2.80 bits per heavy atom. The summed E-state index contributed by atoms with van der Waals surface area (Å²) in [5, 5.41) is 24.7. The summed E-state index contributed by atoms with van der Waals surface area (Å²) < 4.78 is 0. The largest absolute Gasteiger partial charge is 0.477 e. The highest BCUT2D eigenvalue weighted by atomic mass is 32.2. The molecule has 3 N–H and O–H groups in total. The second-order valence-electron chi connectivity index (χ2n) is 6.44. The SMILES string of the molecule is CC(=O)Nc1nnc(C2=C(C(=O)O)N3C(=O)C(NC(=O)Cc4cccs4)[C@@H]3SC2)s1. The number of rotatable bonds is 6. The number of carboxylic acid groups (broad SMARTS) is 1. The Kier molecular flexibility index (Phi) is 5.58. The van der Waals surface area contributed by atoms with Crippen LogP contribution in [0.1, 0.15) is 16.8 Å². The number of aliphatic carboxylic acids is 1. The molecule has 2 aliphatic heterocycles. The van der Waals surface area contributed by atoms with Crippen LogP contribution in [0, 0.1) is 0 Å². The summed E-state index contributed by atoms with van der Waals surface area (Å²) in [6.45, 7) is 1.33. The van der Waals surface area contributed by atoms with Gasteiger partial charge in [-0.25, -0.2) is 4.79 Å². The van der Waals surface area contributed by atoms with Crippen LogP contribution in [0.5, 0.6) is 0 Å². The van der Waals surface area contributed by atoms with Crippen LogP contribution in [-0.2, 0) is 25.6 Å². The van der Waals surface area contributed by atoms with Crippen molar-refractivity contribution in [2.75, 3.05) is 11.1 Å². The molecule has 10 nitrogen and oxygen atoms in total. The molecule has 1 saturated heterocycles. The number of carboxylic acids is 1. The highest BCUT2D eigenvalue weighted by molar-refractivity contribution is 8.00. The Morgan fingerprint density at radius 2 is 2.13 bits per heavy atom. The van der Waals surface area contributed by atoms with Crippen LogP contribution < -0.4 is 10.6 Å². The third-order valence-corrected chi connectivity index (χ3v) is 7.42. The molecule has 0 aromatic carbocycles. The minimum Gasteiger partial charge on any atom is -0.477 e. The standard InChI is InChI=1S/C17H15N5O5S3/c1-7(23)18-17-21-20-13(30-17)9-6-29-15-11(14(25)22(15)12(9)16(26)27)19-10(24)5-8-3-2-4-28-8/h2-4,11,15H,5-6H2,1H3,(H,19,24)(H,26,27)(H,18,21,23)/t11?,15-/m0/s1. The Morgan fingerprint density at radius 1 is 1.33 bits per heavy atom. The molecule has 2 aromatic rings. The van der Waals surface area contributed by atoms with Gasteiger partial charge in [0, 0.05) is 23.1 Å². The Hall–Kier alpha value is -2.77. The monoisotopic (exact) mass is 465 g/mol. The molecule has 4 heterocycles. The zero-order chi connectivity index (χ0) is 21.4. The van der Waals surface area contributed by atoms with E-state index in [0.717, 1.165) is 16.2 Å². The van der Waals surface area contributed by atoms with Crippen molar-refractivity contribution in [2.45, 2.75) is 24.8 Å². The van der Waals surface area contributed by atoms with Crippen LogP contribution in [0.15, 0.2) is 23.2 Å². The molecule has 2 aromatic heterocycles. The van der Waals surface area contributed by atoms with E-state index in [2.05, 4.69) is 20.8 Å². The van der Waals surface area contributed by atoms with Gasteiger partial charge in [0.15, 0.2) is 0 Å². The zero-order valence-electron chi connectivity index (χ0n) is 15.4. The highest BCUT2D eigenvalue weighted by Crippen LogP contribution is 2.44. The van der Waals surface area contributed by atoms with Crippen LogP contribution in [-0.4, -0.2) is 61.1 Å². The molecule has 30 heavy (non-hydrogen) atoms. The van der Waals surface area contributed by atoms with Crippen molar-refractivity contribution in [3.8, 4) is 0 Å². The Labute approximate surface area is 182 Å². The van der Waals surface area contributed by atoms with Crippen molar-refractivity contribution >= 4 is 68.8 Å². The fourth-order valence-corrected chi connectivity index (χ4v) is 6.10. The van der Waals surface area contributed by atoms with Crippen LogP contribution in [0.4, 0.5) is 5.13 Å². The van der Waals surface area contributed by atoms with Gasteiger partial charge < -0.3 is 15.7 Å². The van der Waals surface area contributed by atoms with Gasteiger partial charge in [0.1, 0.15) is 22.1 Å². The highest BCUT2D eigenvalue weighted by Gasteiger charge is 2.54. The number of hydrogen-bond donors (Lipinski definition) is 3. The maximum Gasteiger partial charge on any atom is 0.353 e. The van der Waals surface area contributed by atoms with E-state index in [9.17, 15) is 24.3 Å². The van der Waals surface area contributed by atoms with Gasteiger partial charge in [0.05, 0.1) is 6.42 Å². The average Bonchev–Trinajstić information content (AvgIpc) is 3.36. The molecule has 13 heteroatoms. The summed E-state index contributed by atoms with van der Waals surface area (Å²) >= 11 is 3.83. The van der Waals surface area contributed by atoms with Crippen molar-refractivity contribution in [2.24, 2.45) is 0 Å². The van der Waals surface area contributed by atoms with E-state index < -0.39 is 23.3 Å². The fourth-order valence-electron chi connectivity index (χ4n) is 3.13. The van der Waals surface area contributed by atoms with Gasteiger partial charge in [-0.3, -0.25) is 19.3 Å². The number of thiophene rings is 1. The summed E-state index contributed by atoms with van der Waals surface area (Å²) in [5.74, 6) is -2.06. The molecular formula is C17H15N5O5S3. The molecular weight excluding hydrogens is 450 g/mol. The molecule has 156 valence electrons. The second kappa shape index (κ2) is 8.16. The van der Waals surface area contributed by atoms with Crippen LogP contribution in [0.25, 0.3) is 5.57 Å². The number of anilines is 1. The lowest BCUT2D eigenvalue weighted by Gasteiger charge is -2.49. The van der Waals surface area contributed by atoms with Gasteiger partial charge in [-0.05, 0) is 11.4 Å². The van der Waals surface area contributed by atoms with E-state index in [0.29, 0.717) is 10.6 Å². The summed E-state index contributed by atoms with van der Waals surface area (Å²) in [5.41, 5.74) is 0.188. The van der Waals surface area contributed by atoms with Gasteiger partial charge in [0.2, 0.25) is 16.9 Å². The maximum absolute atomic E-state index is 12.7. The number of carbonyl (C=O) groups excluding carboxylic acids is 3. The zero-order valence-corrected chi connectivity index (χ0v) is 17.9. The molecule has 0 spiro atoms. The first-order valence-corrected chi connectivity index (χ1v) is 11.4. The van der Waals surface area contributed by atoms with E-state index >= 15 is 0 Å². The lowest BCUT2D eigenvalue weighted by molar-refractivity contribution is -0.150. The summed E-state index contributed by atoms with van der Waals surface area (Å²) in [7, 11) is 0. The van der Waals surface area contributed by atoms with E-state index in [1.54, 1.807) is 0 Å². The van der Waals surface area contributed by atoms with Crippen LogP contribution in [0.3, 0.4) is 0 Å². The van der Waals surface area contributed by atoms with Gasteiger partial charge in [-0.2, -0.15) is 0 Å². The average molecular weight is 466 g/mol. The number of nitrogens with one attached hydrogen (secondary N) is 2. The first-order chi connectivity index (χ1) is 14.3. The number of nitrogens with zero attached hydrogens (tertiary/aromatic N) is 3. The third kappa shape index (κ3) is 3.82. The number of aromatic nitrogens is 2. The molecule has 1 unspecified atom stereocenters. The molecule has 1 fully saturated rings. The van der Waals surface area contributed by atoms with Crippen molar-refractivity contribution in [1.29, 1.82) is 0 Å².